The number of hydrogen-bond acceptors (Lipinski definition) is 3. The molecule has 1 atom stereocenters. The highest BCUT2D eigenvalue weighted by atomic mass is 35.5. The molecule has 4 nitrogen and oxygen atoms in total. The number of nitrogens with two attached hydrogens (primary N) is 1. The van der Waals surface area contributed by atoms with Crippen LogP contribution in [0, 0.1) is 5.82 Å². The Morgan fingerprint density at radius 3 is 2.54 bits per heavy atom. The van der Waals surface area contributed by atoms with Crippen LogP contribution in [0.1, 0.15) is 31.2 Å². The molecule has 1 amide bonds. The largest absolute Gasteiger partial charge is 0.487 e. The van der Waals surface area contributed by atoms with Gasteiger partial charge in [0.05, 0.1) is 12.1 Å². The van der Waals surface area contributed by atoms with E-state index in [2.05, 4.69) is 5.32 Å². The maximum atomic E-state index is 14.2. The van der Waals surface area contributed by atoms with E-state index in [1.807, 2.05) is 30.3 Å². The molecule has 0 spiro atoms. The van der Waals surface area contributed by atoms with E-state index < -0.39 is 11.9 Å². The van der Waals surface area contributed by atoms with Gasteiger partial charge >= 0.3 is 0 Å². The minimum atomic E-state index is -0.695. The van der Waals surface area contributed by atoms with Crippen molar-refractivity contribution in [1.82, 2.24) is 0 Å². The van der Waals surface area contributed by atoms with Gasteiger partial charge in [-0.3, -0.25) is 4.79 Å². The first-order valence-electron chi connectivity index (χ1n) is 8.68. The van der Waals surface area contributed by atoms with Gasteiger partial charge in [0, 0.05) is 11.8 Å². The lowest BCUT2D eigenvalue weighted by atomic mass is 10.1. The van der Waals surface area contributed by atoms with Crippen molar-refractivity contribution in [3.63, 3.8) is 0 Å². The predicted octanol–water partition coefficient (Wildman–Crippen LogP) is 4.08. The van der Waals surface area contributed by atoms with Gasteiger partial charge in [0.1, 0.15) is 0 Å². The molecule has 3 rings (SSSR count). The van der Waals surface area contributed by atoms with Gasteiger partial charge in [-0.25, -0.2) is 4.39 Å². The molecule has 2 aromatic carbocycles. The SMILES string of the molecule is Cl.N[C@@H](Cc1ccccc1)C(=O)Nc1ccc(OC2CCCC2)c(F)c1. The van der Waals surface area contributed by atoms with Gasteiger partial charge in [-0.15, -0.1) is 12.4 Å². The molecule has 1 saturated carbocycles. The minimum absolute atomic E-state index is 0. The molecular formula is C20H24ClFN2O2. The zero-order valence-electron chi connectivity index (χ0n) is 14.5. The standard InChI is InChI=1S/C20H23FN2O2.ClH/c21-17-13-15(10-11-19(17)25-16-8-4-5-9-16)23-20(24)18(22)12-14-6-2-1-3-7-14;/h1-3,6-7,10-11,13,16,18H,4-5,8-9,12,22H2,(H,23,24);1H/t18-;/m0./s1. The first-order chi connectivity index (χ1) is 12.1. The van der Waals surface area contributed by atoms with Crippen LogP contribution in [-0.4, -0.2) is 18.1 Å². The molecule has 1 aliphatic rings. The first kappa shape index (κ1) is 20.2. The van der Waals surface area contributed by atoms with Crippen LogP contribution in [0.3, 0.4) is 0 Å². The molecule has 0 aromatic heterocycles. The van der Waals surface area contributed by atoms with Crippen LogP contribution in [-0.2, 0) is 11.2 Å². The number of ether oxygens (including phenoxy) is 1. The molecule has 1 fully saturated rings. The predicted molar refractivity (Wildman–Crippen MR) is 103 cm³/mol. The smallest absolute Gasteiger partial charge is 0.241 e. The number of amides is 1. The molecule has 0 radical (unpaired) electrons. The molecule has 2 aromatic rings. The maximum absolute atomic E-state index is 14.2. The van der Waals surface area contributed by atoms with Gasteiger partial charge in [0.25, 0.3) is 0 Å². The van der Waals surface area contributed by atoms with Crippen LogP contribution >= 0.6 is 12.4 Å². The molecule has 1 aliphatic carbocycles. The second-order valence-electron chi connectivity index (χ2n) is 6.45. The van der Waals surface area contributed by atoms with E-state index in [1.165, 1.54) is 6.07 Å². The van der Waals surface area contributed by atoms with Crippen molar-refractivity contribution in [3.05, 3.63) is 59.9 Å². The lowest BCUT2D eigenvalue weighted by Gasteiger charge is -2.15. The average Bonchev–Trinajstić information content (AvgIpc) is 3.11. The van der Waals surface area contributed by atoms with E-state index in [-0.39, 0.29) is 30.2 Å². The molecule has 6 heteroatoms. The second kappa shape index (κ2) is 9.55. The Hall–Kier alpha value is -2.11. The van der Waals surface area contributed by atoms with Crippen molar-refractivity contribution in [3.8, 4) is 5.75 Å². The molecule has 0 heterocycles. The summed E-state index contributed by atoms with van der Waals surface area (Å²) in [5.74, 6) is -0.576. The Kier molecular flexibility index (Phi) is 7.42. The summed E-state index contributed by atoms with van der Waals surface area (Å²) in [4.78, 5) is 12.2. The Bertz CT molecular complexity index is 721. The quantitative estimate of drug-likeness (QED) is 0.796. The Morgan fingerprint density at radius 2 is 1.88 bits per heavy atom. The van der Waals surface area contributed by atoms with Gasteiger partial charge in [-0.05, 0) is 49.8 Å². The number of nitrogens with one attached hydrogen (secondary N) is 1. The van der Waals surface area contributed by atoms with Gasteiger partial charge in [-0.2, -0.15) is 0 Å². The van der Waals surface area contributed by atoms with Gasteiger partial charge in [-0.1, -0.05) is 30.3 Å². The summed E-state index contributed by atoms with van der Waals surface area (Å²) in [6, 6.07) is 13.3. The van der Waals surface area contributed by atoms with Crippen LogP contribution in [0.5, 0.6) is 5.75 Å². The molecule has 3 N–H and O–H groups in total. The van der Waals surface area contributed by atoms with Crippen molar-refractivity contribution in [2.75, 3.05) is 5.32 Å². The monoisotopic (exact) mass is 378 g/mol. The van der Waals surface area contributed by atoms with E-state index in [9.17, 15) is 9.18 Å². The van der Waals surface area contributed by atoms with Gasteiger partial charge < -0.3 is 15.8 Å². The Balaban J connectivity index is 0.00000243. The van der Waals surface area contributed by atoms with Crippen LogP contribution in [0.25, 0.3) is 0 Å². The van der Waals surface area contributed by atoms with Gasteiger partial charge in [0.2, 0.25) is 5.91 Å². The summed E-state index contributed by atoms with van der Waals surface area (Å²) < 4.78 is 19.9. The number of anilines is 1. The molecule has 140 valence electrons. The van der Waals surface area contributed by atoms with E-state index in [4.69, 9.17) is 10.5 Å². The first-order valence-corrected chi connectivity index (χ1v) is 8.68. The second-order valence-corrected chi connectivity index (χ2v) is 6.45. The highest BCUT2D eigenvalue weighted by molar-refractivity contribution is 5.94. The minimum Gasteiger partial charge on any atom is -0.487 e. The fraction of sp³-hybridized carbons (Fsp3) is 0.350. The highest BCUT2D eigenvalue weighted by Crippen LogP contribution is 2.27. The summed E-state index contributed by atoms with van der Waals surface area (Å²) in [6.45, 7) is 0. The lowest BCUT2D eigenvalue weighted by molar-refractivity contribution is -0.117. The van der Waals surface area contributed by atoms with E-state index in [0.717, 1.165) is 31.2 Å². The Labute approximate surface area is 159 Å². The maximum Gasteiger partial charge on any atom is 0.241 e. The van der Waals surface area contributed by atoms with Crippen molar-refractivity contribution >= 4 is 24.0 Å². The number of halogens is 2. The summed E-state index contributed by atoms with van der Waals surface area (Å²) >= 11 is 0. The summed E-state index contributed by atoms with van der Waals surface area (Å²) in [5.41, 5.74) is 7.31. The van der Waals surface area contributed by atoms with E-state index >= 15 is 0 Å². The molecule has 0 bridgehead atoms. The third kappa shape index (κ3) is 5.44. The fourth-order valence-corrected chi connectivity index (χ4v) is 3.06. The average molecular weight is 379 g/mol. The number of carbonyl (C=O) groups is 1. The topological polar surface area (TPSA) is 64.4 Å². The number of hydrogen-bond donors (Lipinski definition) is 2. The summed E-state index contributed by atoms with van der Waals surface area (Å²) in [5, 5.41) is 2.66. The highest BCUT2D eigenvalue weighted by Gasteiger charge is 2.19. The van der Waals surface area contributed by atoms with Crippen LogP contribution in [0.4, 0.5) is 10.1 Å². The van der Waals surface area contributed by atoms with Crippen LogP contribution < -0.4 is 15.8 Å². The molecule has 0 unspecified atom stereocenters. The molecule has 26 heavy (non-hydrogen) atoms. The lowest BCUT2D eigenvalue weighted by Crippen LogP contribution is -2.37. The van der Waals surface area contributed by atoms with Crippen LogP contribution in [0.15, 0.2) is 48.5 Å². The number of rotatable bonds is 6. The molecular weight excluding hydrogens is 355 g/mol. The number of carbonyl (C=O) groups excluding carboxylic acids is 1. The van der Waals surface area contributed by atoms with Gasteiger partial charge in [0.15, 0.2) is 11.6 Å². The third-order valence-corrected chi connectivity index (χ3v) is 4.43. The fourth-order valence-electron chi connectivity index (χ4n) is 3.06. The zero-order chi connectivity index (χ0) is 17.6. The van der Waals surface area contributed by atoms with Crippen molar-refractivity contribution < 1.29 is 13.9 Å². The van der Waals surface area contributed by atoms with E-state index in [1.54, 1.807) is 12.1 Å². The van der Waals surface area contributed by atoms with Crippen molar-refractivity contribution in [2.45, 2.75) is 44.2 Å². The van der Waals surface area contributed by atoms with Crippen molar-refractivity contribution in [1.29, 1.82) is 0 Å². The van der Waals surface area contributed by atoms with E-state index in [0.29, 0.717) is 12.1 Å². The summed E-state index contributed by atoms with van der Waals surface area (Å²) in [7, 11) is 0. The zero-order valence-corrected chi connectivity index (χ0v) is 15.3. The van der Waals surface area contributed by atoms with Crippen molar-refractivity contribution in [2.24, 2.45) is 5.73 Å². The molecule has 0 saturated heterocycles. The normalized spacial score (nSPS) is 15.2. The Morgan fingerprint density at radius 1 is 1.19 bits per heavy atom. The van der Waals surface area contributed by atoms with Crippen LogP contribution in [0.2, 0.25) is 0 Å². The summed E-state index contributed by atoms with van der Waals surface area (Å²) in [6.07, 6.45) is 4.70. The molecule has 0 aliphatic heterocycles. The third-order valence-electron chi connectivity index (χ3n) is 4.43. The number of benzene rings is 2.